The molecule has 5 heteroatoms. The zero-order valence-electron chi connectivity index (χ0n) is 14.5. The van der Waals surface area contributed by atoms with E-state index in [1.807, 2.05) is 0 Å². The highest BCUT2D eigenvalue weighted by Gasteiger charge is 2.41. The van der Waals surface area contributed by atoms with Gasteiger partial charge in [0, 0.05) is 29.7 Å². The number of nitrogens with zero attached hydrogens (tertiary/aromatic N) is 1. The van der Waals surface area contributed by atoms with Gasteiger partial charge in [0.05, 0.1) is 5.92 Å². The Balaban J connectivity index is 1.35. The lowest BCUT2D eigenvalue weighted by molar-refractivity contribution is -0.127. The second-order valence-electron chi connectivity index (χ2n) is 8.06. The van der Waals surface area contributed by atoms with Crippen LogP contribution in [0.5, 0.6) is 0 Å². The number of benzene rings is 1. The summed E-state index contributed by atoms with van der Waals surface area (Å²) in [6, 6.07) is 5.19. The van der Waals surface area contributed by atoms with E-state index in [1.165, 1.54) is 25.3 Å². The van der Waals surface area contributed by atoms with Crippen molar-refractivity contribution in [3.05, 3.63) is 34.6 Å². The predicted molar refractivity (Wildman–Crippen MR) is 96.8 cm³/mol. The number of fused-ring (bicyclic) bond motifs is 2. The normalized spacial score (nSPS) is 32.1. The first kappa shape index (κ1) is 17.3. The van der Waals surface area contributed by atoms with Crippen LogP contribution in [0.4, 0.5) is 4.39 Å². The molecule has 2 aliphatic carbocycles. The molecule has 1 saturated heterocycles. The molecule has 0 spiro atoms. The standard InChI is InChI=1S/C20H26ClFN2O/c21-17-4-1-5-18(22)16(17)12-24-8-2-3-15(11-24)20(25)23-19-10-13-6-7-14(19)9-13/h1,4-5,13-15,19H,2-3,6-12H2,(H,23,25). The van der Waals surface area contributed by atoms with Crippen LogP contribution >= 0.6 is 11.6 Å². The zero-order valence-corrected chi connectivity index (χ0v) is 15.3. The Hall–Kier alpha value is -1.13. The van der Waals surface area contributed by atoms with E-state index in [2.05, 4.69) is 10.2 Å². The fourth-order valence-corrected chi connectivity index (χ4v) is 5.26. The highest BCUT2D eigenvalue weighted by molar-refractivity contribution is 6.31. The van der Waals surface area contributed by atoms with E-state index in [0.29, 0.717) is 35.6 Å². The van der Waals surface area contributed by atoms with Crippen LogP contribution in [0.1, 0.15) is 44.1 Å². The molecule has 0 radical (unpaired) electrons. The maximum absolute atomic E-state index is 14.0. The van der Waals surface area contributed by atoms with Crippen molar-refractivity contribution >= 4 is 17.5 Å². The van der Waals surface area contributed by atoms with Crippen molar-refractivity contribution in [1.82, 2.24) is 10.2 Å². The number of likely N-dealkylation sites (tertiary alicyclic amines) is 1. The molecular formula is C20H26ClFN2O. The van der Waals surface area contributed by atoms with Crippen LogP contribution in [0.25, 0.3) is 0 Å². The summed E-state index contributed by atoms with van der Waals surface area (Å²) in [6.07, 6.45) is 6.98. The number of carbonyl (C=O) groups is 1. The Kier molecular flexibility index (Phi) is 5.01. The first-order valence-corrected chi connectivity index (χ1v) is 9.93. The molecule has 4 atom stereocenters. The summed E-state index contributed by atoms with van der Waals surface area (Å²) in [7, 11) is 0. The summed E-state index contributed by atoms with van der Waals surface area (Å²) in [5.41, 5.74) is 0.540. The topological polar surface area (TPSA) is 32.3 Å². The molecule has 4 rings (SSSR count). The largest absolute Gasteiger partial charge is 0.353 e. The van der Waals surface area contributed by atoms with Crippen LogP contribution in [0.2, 0.25) is 5.02 Å². The molecular weight excluding hydrogens is 339 g/mol. The van der Waals surface area contributed by atoms with Crippen LogP contribution < -0.4 is 5.32 Å². The molecule has 136 valence electrons. The molecule has 3 nitrogen and oxygen atoms in total. The van der Waals surface area contributed by atoms with E-state index in [0.717, 1.165) is 31.7 Å². The minimum absolute atomic E-state index is 0.0124. The Labute approximate surface area is 153 Å². The van der Waals surface area contributed by atoms with Gasteiger partial charge in [-0.2, -0.15) is 0 Å². The Bertz CT molecular complexity index is 632. The average Bonchev–Trinajstić information content (AvgIpc) is 3.21. The van der Waals surface area contributed by atoms with Crippen molar-refractivity contribution in [2.75, 3.05) is 13.1 Å². The van der Waals surface area contributed by atoms with E-state index >= 15 is 0 Å². The number of carbonyl (C=O) groups excluding carboxylic acids is 1. The lowest BCUT2D eigenvalue weighted by Gasteiger charge is -2.33. The smallest absolute Gasteiger partial charge is 0.224 e. The molecule has 3 fully saturated rings. The highest BCUT2D eigenvalue weighted by Crippen LogP contribution is 2.44. The number of nitrogens with one attached hydrogen (secondary N) is 1. The molecule has 3 aliphatic rings. The van der Waals surface area contributed by atoms with Gasteiger partial charge in [0.25, 0.3) is 0 Å². The third-order valence-electron chi connectivity index (χ3n) is 6.39. The third kappa shape index (κ3) is 3.70. The van der Waals surface area contributed by atoms with Gasteiger partial charge in [-0.05, 0) is 62.6 Å². The Morgan fingerprint density at radius 3 is 2.88 bits per heavy atom. The minimum atomic E-state index is -0.263. The van der Waals surface area contributed by atoms with Crippen LogP contribution in [-0.2, 0) is 11.3 Å². The first-order chi connectivity index (χ1) is 12.1. The van der Waals surface area contributed by atoms with Crippen molar-refractivity contribution in [3.8, 4) is 0 Å². The minimum Gasteiger partial charge on any atom is -0.353 e. The summed E-state index contributed by atoms with van der Waals surface area (Å²) in [4.78, 5) is 14.9. The Morgan fingerprint density at radius 1 is 1.28 bits per heavy atom. The summed E-state index contributed by atoms with van der Waals surface area (Å²) in [5.74, 6) is 1.48. The number of hydrogen-bond acceptors (Lipinski definition) is 2. The molecule has 0 aromatic heterocycles. The third-order valence-corrected chi connectivity index (χ3v) is 6.74. The number of rotatable bonds is 4. The van der Waals surface area contributed by atoms with Gasteiger partial charge in [0.15, 0.2) is 0 Å². The molecule has 1 heterocycles. The maximum atomic E-state index is 14.0. The second-order valence-corrected chi connectivity index (χ2v) is 8.47. The monoisotopic (exact) mass is 364 g/mol. The van der Waals surface area contributed by atoms with Crippen LogP contribution in [-0.4, -0.2) is 29.9 Å². The molecule has 4 unspecified atom stereocenters. The van der Waals surface area contributed by atoms with Crippen molar-refractivity contribution in [3.63, 3.8) is 0 Å². The summed E-state index contributed by atoms with van der Waals surface area (Å²) in [5, 5.41) is 3.79. The van der Waals surface area contributed by atoms with E-state index in [4.69, 9.17) is 11.6 Å². The van der Waals surface area contributed by atoms with Crippen molar-refractivity contribution in [2.24, 2.45) is 17.8 Å². The van der Waals surface area contributed by atoms with E-state index < -0.39 is 0 Å². The quantitative estimate of drug-likeness (QED) is 0.875. The van der Waals surface area contributed by atoms with Crippen LogP contribution in [0.15, 0.2) is 18.2 Å². The first-order valence-electron chi connectivity index (χ1n) is 9.56. The zero-order chi connectivity index (χ0) is 17.4. The molecule has 1 N–H and O–H groups in total. The van der Waals surface area contributed by atoms with E-state index in [-0.39, 0.29) is 17.6 Å². The lowest BCUT2D eigenvalue weighted by atomic mass is 9.92. The molecule has 2 bridgehead atoms. The maximum Gasteiger partial charge on any atom is 0.224 e. The van der Waals surface area contributed by atoms with Crippen molar-refractivity contribution in [2.45, 2.75) is 51.1 Å². The average molecular weight is 365 g/mol. The van der Waals surface area contributed by atoms with Gasteiger partial charge in [-0.3, -0.25) is 9.69 Å². The highest BCUT2D eigenvalue weighted by atomic mass is 35.5. The van der Waals surface area contributed by atoms with Crippen molar-refractivity contribution < 1.29 is 9.18 Å². The van der Waals surface area contributed by atoms with Gasteiger partial charge in [-0.25, -0.2) is 4.39 Å². The second kappa shape index (κ2) is 7.24. The fraction of sp³-hybridized carbons (Fsp3) is 0.650. The van der Waals surface area contributed by atoms with Gasteiger partial charge < -0.3 is 5.32 Å². The lowest BCUT2D eigenvalue weighted by Crippen LogP contribution is -2.47. The van der Waals surface area contributed by atoms with Gasteiger partial charge in [0.1, 0.15) is 5.82 Å². The van der Waals surface area contributed by atoms with Crippen LogP contribution in [0.3, 0.4) is 0 Å². The molecule has 1 aliphatic heterocycles. The van der Waals surface area contributed by atoms with Crippen molar-refractivity contribution in [1.29, 1.82) is 0 Å². The van der Waals surface area contributed by atoms with E-state index in [9.17, 15) is 9.18 Å². The number of amides is 1. The number of hydrogen-bond donors (Lipinski definition) is 1. The van der Waals surface area contributed by atoms with Gasteiger partial charge in [-0.1, -0.05) is 24.1 Å². The van der Waals surface area contributed by atoms with E-state index in [1.54, 1.807) is 12.1 Å². The number of piperidine rings is 1. The van der Waals surface area contributed by atoms with Crippen LogP contribution in [0, 0.1) is 23.6 Å². The molecule has 1 aromatic rings. The summed E-state index contributed by atoms with van der Waals surface area (Å²) >= 11 is 6.15. The Morgan fingerprint density at radius 2 is 2.16 bits per heavy atom. The number of halogens is 2. The van der Waals surface area contributed by atoms with Gasteiger partial charge in [-0.15, -0.1) is 0 Å². The fourth-order valence-electron chi connectivity index (χ4n) is 5.04. The molecule has 2 saturated carbocycles. The van der Waals surface area contributed by atoms with Gasteiger partial charge >= 0.3 is 0 Å². The van der Waals surface area contributed by atoms with Gasteiger partial charge in [0.2, 0.25) is 5.91 Å². The molecule has 25 heavy (non-hydrogen) atoms. The summed E-state index contributed by atoms with van der Waals surface area (Å²) < 4.78 is 14.0. The SMILES string of the molecule is O=C(NC1CC2CCC1C2)C1CCCN(Cc2c(F)cccc2Cl)C1. The molecule has 1 amide bonds. The predicted octanol–water partition coefficient (Wildman–Crippen LogP) is 4.00. The summed E-state index contributed by atoms with van der Waals surface area (Å²) in [6.45, 7) is 2.06. The molecule has 1 aromatic carbocycles.